The number of rotatable bonds is 6. The van der Waals surface area contributed by atoms with E-state index in [4.69, 9.17) is 9.47 Å². The summed E-state index contributed by atoms with van der Waals surface area (Å²) in [7, 11) is 1.55. The molecule has 1 atom stereocenters. The number of methoxy groups -OCH3 is 1. The average molecular weight is 382 g/mol. The standard InChI is InChI=1S/C20H18N2O4S/c1-12-18(27-19(22-12)16-6-4-5-11-21-16)20(24)26-13(2)17(23)14-7-9-15(25-3)10-8-14/h4-11,13H,1-3H3/t13-/m1/s1. The fourth-order valence-corrected chi connectivity index (χ4v) is 3.37. The van der Waals surface area contributed by atoms with E-state index in [-0.39, 0.29) is 5.78 Å². The lowest BCUT2D eigenvalue weighted by atomic mass is 10.1. The van der Waals surface area contributed by atoms with Crippen LogP contribution in [0.4, 0.5) is 0 Å². The van der Waals surface area contributed by atoms with E-state index in [2.05, 4.69) is 9.97 Å². The summed E-state index contributed by atoms with van der Waals surface area (Å²) in [6.45, 7) is 3.29. The van der Waals surface area contributed by atoms with Gasteiger partial charge in [-0.3, -0.25) is 9.78 Å². The van der Waals surface area contributed by atoms with Gasteiger partial charge in [-0.15, -0.1) is 11.3 Å². The van der Waals surface area contributed by atoms with Crippen LogP contribution in [0.15, 0.2) is 48.7 Å². The van der Waals surface area contributed by atoms with Gasteiger partial charge in [0, 0.05) is 11.8 Å². The minimum atomic E-state index is -0.911. The molecule has 0 saturated carbocycles. The Kier molecular flexibility index (Phi) is 5.61. The Morgan fingerprint density at radius 3 is 2.48 bits per heavy atom. The van der Waals surface area contributed by atoms with E-state index in [0.29, 0.717) is 32.6 Å². The van der Waals surface area contributed by atoms with Crippen LogP contribution in [0.2, 0.25) is 0 Å². The van der Waals surface area contributed by atoms with E-state index in [0.717, 1.165) is 0 Å². The second kappa shape index (κ2) is 8.09. The zero-order valence-electron chi connectivity index (χ0n) is 15.1. The topological polar surface area (TPSA) is 78.4 Å². The maximum atomic E-state index is 12.5. The first-order chi connectivity index (χ1) is 13.0. The van der Waals surface area contributed by atoms with E-state index < -0.39 is 12.1 Å². The zero-order chi connectivity index (χ0) is 19.4. The molecule has 0 saturated heterocycles. The Labute approximate surface area is 160 Å². The second-order valence-electron chi connectivity index (χ2n) is 5.79. The molecule has 138 valence electrons. The van der Waals surface area contributed by atoms with Crippen molar-refractivity contribution in [3.63, 3.8) is 0 Å². The molecule has 0 unspecified atom stereocenters. The van der Waals surface area contributed by atoms with Crippen LogP contribution in [-0.2, 0) is 4.74 Å². The van der Waals surface area contributed by atoms with Crippen LogP contribution in [-0.4, -0.2) is 34.9 Å². The normalized spacial score (nSPS) is 11.7. The van der Waals surface area contributed by atoms with Gasteiger partial charge < -0.3 is 9.47 Å². The molecular weight excluding hydrogens is 364 g/mol. The first-order valence-electron chi connectivity index (χ1n) is 8.27. The quantitative estimate of drug-likeness (QED) is 0.474. The molecule has 0 aliphatic carbocycles. The summed E-state index contributed by atoms with van der Waals surface area (Å²) in [6.07, 6.45) is 0.755. The molecule has 0 N–H and O–H groups in total. The van der Waals surface area contributed by atoms with Crippen LogP contribution in [0.1, 0.15) is 32.6 Å². The summed E-state index contributed by atoms with van der Waals surface area (Å²) in [5, 5.41) is 0.634. The van der Waals surface area contributed by atoms with Gasteiger partial charge in [0.25, 0.3) is 0 Å². The van der Waals surface area contributed by atoms with E-state index in [1.165, 1.54) is 11.3 Å². The van der Waals surface area contributed by atoms with Gasteiger partial charge in [0.05, 0.1) is 18.5 Å². The molecule has 7 heteroatoms. The van der Waals surface area contributed by atoms with Crippen molar-refractivity contribution in [3.8, 4) is 16.5 Å². The first kappa shape index (κ1) is 18.7. The van der Waals surface area contributed by atoms with E-state index in [9.17, 15) is 9.59 Å². The highest BCUT2D eigenvalue weighted by atomic mass is 32.1. The minimum absolute atomic E-state index is 0.280. The fraction of sp³-hybridized carbons (Fsp3) is 0.200. The van der Waals surface area contributed by atoms with Crippen LogP contribution >= 0.6 is 11.3 Å². The number of ketones is 1. The molecule has 0 spiro atoms. The largest absolute Gasteiger partial charge is 0.497 e. The molecule has 0 bridgehead atoms. The number of Topliss-reactive ketones (excluding diaryl/α,β-unsaturated/α-hetero) is 1. The Balaban J connectivity index is 1.72. The molecule has 0 radical (unpaired) electrons. The Morgan fingerprint density at radius 1 is 1.11 bits per heavy atom. The smallest absolute Gasteiger partial charge is 0.350 e. The van der Waals surface area contributed by atoms with Gasteiger partial charge >= 0.3 is 5.97 Å². The highest BCUT2D eigenvalue weighted by Crippen LogP contribution is 2.27. The monoisotopic (exact) mass is 382 g/mol. The average Bonchev–Trinajstić information content (AvgIpc) is 3.10. The van der Waals surface area contributed by atoms with Crippen LogP contribution in [0.25, 0.3) is 10.7 Å². The predicted molar refractivity (Wildman–Crippen MR) is 102 cm³/mol. The van der Waals surface area contributed by atoms with Gasteiger partial charge in [0.1, 0.15) is 15.6 Å². The Morgan fingerprint density at radius 2 is 1.85 bits per heavy atom. The number of benzene rings is 1. The number of pyridine rings is 1. The van der Waals surface area contributed by atoms with Gasteiger partial charge in [0.2, 0.25) is 5.78 Å². The molecule has 0 amide bonds. The van der Waals surface area contributed by atoms with Crippen LogP contribution in [0.5, 0.6) is 5.75 Å². The molecule has 0 aliphatic heterocycles. The number of carbonyl (C=O) groups is 2. The van der Waals surface area contributed by atoms with Crippen molar-refractivity contribution < 1.29 is 19.1 Å². The number of carbonyl (C=O) groups excluding carboxylic acids is 2. The third kappa shape index (κ3) is 4.20. The molecule has 27 heavy (non-hydrogen) atoms. The Bertz CT molecular complexity index is 952. The van der Waals surface area contributed by atoms with Crippen molar-refractivity contribution in [1.82, 2.24) is 9.97 Å². The molecule has 2 heterocycles. The number of aryl methyl sites for hydroxylation is 1. The minimum Gasteiger partial charge on any atom is -0.497 e. The second-order valence-corrected chi connectivity index (χ2v) is 6.79. The third-order valence-corrected chi connectivity index (χ3v) is 5.05. The number of esters is 1. The van der Waals surface area contributed by atoms with Gasteiger partial charge in [0.15, 0.2) is 6.10 Å². The maximum Gasteiger partial charge on any atom is 0.350 e. The number of hydrogen-bond donors (Lipinski definition) is 0. The van der Waals surface area contributed by atoms with Crippen molar-refractivity contribution in [2.45, 2.75) is 20.0 Å². The molecule has 0 fully saturated rings. The molecule has 2 aromatic heterocycles. The van der Waals surface area contributed by atoms with Gasteiger partial charge in [-0.05, 0) is 50.2 Å². The van der Waals surface area contributed by atoms with Gasteiger partial charge in [-0.2, -0.15) is 0 Å². The summed E-state index contributed by atoms with van der Waals surface area (Å²) in [5.41, 5.74) is 1.69. The van der Waals surface area contributed by atoms with E-state index in [1.54, 1.807) is 51.4 Å². The molecule has 0 aliphatic rings. The number of thiazole rings is 1. The fourth-order valence-electron chi connectivity index (χ4n) is 2.44. The predicted octanol–water partition coefficient (Wildman–Crippen LogP) is 3.95. The molecule has 1 aromatic carbocycles. The number of nitrogens with zero attached hydrogens (tertiary/aromatic N) is 2. The lowest BCUT2D eigenvalue weighted by molar-refractivity contribution is 0.0322. The molecule has 3 aromatic rings. The molecular formula is C20H18N2O4S. The molecule has 6 nitrogen and oxygen atoms in total. The van der Waals surface area contributed by atoms with Crippen LogP contribution in [0.3, 0.4) is 0 Å². The van der Waals surface area contributed by atoms with Crippen molar-refractivity contribution in [3.05, 3.63) is 64.8 Å². The lowest BCUT2D eigenvalue weighted by Gasteiger charge is -2.12. The summed E-state index contributed by atoms with van der Waals surface area (Å²) >= 11 is 1.20. The highest BCUT2D eigenvalue weighted by molar-refractivity contribution is 7.17. The number of aromatic nitrogens is 2. The van der Waals surface area contributed by atoms with E-state index >= 15 is 0 Å². The van der Waals surface area contributed by atoms with Crippen molar-refractivity contribution in [2.75, 3.05) is 7.11 Å². The van der Waals surface area contributed by atoms with Gasteiger partial charge in [-0.1, -0.05) is 6.07 Å². The number of hydrogen-bond acceptors (Lipinski definition) is 7. The highest BCUT2D eigenvalue weighted by Gasteiger charge is 2.24. The summed E-state index contributed by atoms with van der Waals surface area (Å²) < 4.78 is 10.4. The summed E-state index contributed by atoms with van der Waals surface area (Å²) in [6, 6.07) is 12.1. The first-order valence-corrected chi connectivity index (χ1v) is 9.09. The van der Waals surface area contributed by atoms with E-state index in [1.807, 2.05) is 18.2 Å². The third-order valence-electron chi connectivity index (χ3n) is 3.89. The maximum absolute atomic E-state index is 12.5. The zero-order valence-corrected chi connectivity index (χ0v) is 15.9. The van der Waals surface area contributed by atoms with Crippen molar-refractivity contribution in [1.29, 1.82) is 0 Å². The summed E-state index contributed by atoms with van der Waals surface area (Å²) in [4.78, 5) is 34.0. The lowest BCUT2D eigenvalue weighted by Crippen LogP contribution is -2.24. The van der Waals surface area contributed by atoms with Crippen molar-refractivity contribution in [2.24, 2.45) is 0 Å². The Hall–Kier alpha value is -3.06. The SMILES string of the molecule is COc1ccc(C(=O)[C@@H](C)OC(=O)c2sc(-c3ccccn3)nc2C)cc1. The molecule has 3 rings (SSSR count). The van der Waals surface area contributed by atoms with Crippen LogP contribution < -0.4 is 4.74 Å². The van der Waals surface area contributed by atoms with Crippen LogP contribution in [0, 0.1) is 6.92 Å². The van der Waals surface area contributed by atoms with Gasteiger partial charge in [-0.25, -0.2) is 9.78 Å². The van der Waals surface area contributed by atoms with Crippen molar-refractivity contribution >= 4 is 23.1 Å². The summed E-state index contributed by atoms with van der Waals surface area (Å²) in [5.74, 6) is -0.196. The number of ether oxygens (including phenoxy) is 2.